The van der Waals surface area contributed by atoms with Gasteiger partial charge < -0.3 is 4.90 Å². The summed E-state index contributed by atoms with van der Waals surface area (Å²) in [6.45, 7) is 4.03. The molecule has 0 aromatic rings. The van der Waals surface area contributed by atoms with Gasteiger partial charge in [0.05, 0.1) is 0 Å². The van der Waals surface area contributed by atoms with Crippen LogP contribution in [0.4, 0.5) is 13.2 Å². The maximum atomic E-state index is 11.8. The molecule has 0 amide bonds. The van der Waals surface area contributed by atoms with Crippen LogP contribution in [0.5, 0.6) is 0 Å². The van der Waals surface area contributed by atoms with Crippen LogP contribution in [0, 0.1) is 0 Å². The molecular formula is C9H17ClF3N. The first-order valence-corrected chi connectivity index (χ1v) is 5.38. The molecule has 0 saturated heterocycles. The summed E-state index contributed by atoms with van der Waals surface area (Å²) in [7, 11) is 0. The van der Waals surface area contributed by atoms with Crippen LogP contribution in [0.1, 0.15) is 26.2 Å². The second-order valence-corrected chi connectivity index (χ2v) is 3.57. The van der Waals surface area contributed by atoms with Gasteiger partial charge in [0, 0.05) is 12.3 Å². The van der Waals surface area contributed by atoms with Gasteiger partial charge in [0.2, 0.25) is 0 Å². The van der Waals surface area contributed by atoms with Crippen molar-refractivity contribution in [2.45, 2.75) is 32.4 Å². The minimum Gasteiger partial charge on any atom is -0.304 e. The number of hydrogen-bond donors (Lipinski definition) is 0. The van der Waals surface area contributed by atoms with E-state index in [-0.39, 0.29) is 6.42 Å². The summed E-state index contributed by atoms with van der Waals surface area (Å²) in [6.07, 6.45) is -3.70. The molecule has 0 heterocycles. The first-order valence-electron chi connectivity index (χ1n) is 4.84. The monoisotopic (exact) mass is 231 g/mol. The first kappa shape index (κ1) is 14.0. The van der Waals surface area contributed by atoms with Crippen LogP contribution in [0.3, 0.4) is 0 Å². The zero-order valence-corrected chi connectivity index (χ0v) is 9.16. The zero-order valence-electron chi connectivity index (χ0n) is 8.41. The van der Waals surface area contributed by atoms with Gasteiger partial charge in [0.25, 0.3) is 0 Å². The van der Waals surface area contributed by atoms with Gasteiger partial charge in [-0.25, -0.2) is 0 Å². The number of rotatable bonds is 7. The Balaban J connectivity index is 3.52. The quantitative estimate of drug-likeness (QED) is 0.608. The third-order valence-electron chi connectivity index (χ3n) is 1.99. The largest absolute Gasteiger partial charge is 0.389 e. The van der Waals surface area contributed by atoms with E-state index in [0.717, 1.165) is 19.5 Å². The van der Waals surface area contributed by atoms with Crippen molar-refractivity contribution in [1.29, 1.82) is 0 Å². The smallest absolute Gasteiger partial charge is 0.304 e. The Morgan fingerprint density at radius 2 is 1.71 bits per heavy atom. The molecule has 0 fully saturated rings. The van der Waals surface area contributed by atoms with Gasteiger partial charge in [-0.3, -0.25) is 0 Å². The normalized spacial score (nSPS) is 12.4. The molecule has 0 aliphatic heterocycles. The van der Waals surface area contributed by atoms with Crippen molar-refractivity contribution in [3.8, 4) is 0 Å². The van der Waals surface area contributed by atoms with Gasteiger partial charge in [-0.1, -0.05) is 6.92 Å². The van der Waals surface area contributed by atoms with E-state index in [9.17, 15) is 13.2 Å². The number of nitrogens with zero attached hydrogens (tertiary/aromatic N) is 1. The molecule has 0 aliphatic carbocycles. The second kappa shape index (κ2) is 7.35. The molecule has 0 atom stereocenters. The van der Waals surface area contributed by atoms with Crippen molar-refractivity contribution in [1.82, 2.24) is 4.90 Å². The van der Waals surface area contributed by atoms with Crippen molar-refractivity contribution >= 4 is 11.6 Å². The van der Waals surface area contributed by atoms with Gasteiger partial charge in [-0.05, 0) is 32.5 Å². The zero-order chi connectivity index (χ0) is 11.0. The van der Waals surface area contributed by atoms with Crippen LogP contribution >= 0.6 is 11.6 Å². The van der Waals surface area contributed by atoms with Crippen molar-refractivity contribution < 1.29 is 13.2 Å². The van der Waals surface area contributed by atoms with Crippen molar-refractivity contribution in [2.24, 2.45) is 0 Å². The highest BCUT2D eigenvalue weighted by molar-refractivity contribution is 6.17. The summed E-state index contributed by atoms with van der Waals surface area (Å²) in [5, 5.41) is 0. The molecule has 0 aromatic carbocycles. The van der Waals surface area contributed by atoms with Crippen molar-refractivity contribution in [3.05, 3.63) is 0 Å². The molecule has 0 N–H and O–H groups in total. The molecule has 14 heavy (non-hydrogen) atoms. The number of halogens is 4. The summed E-state index contributed by atoms with van der Waals surface area (Å²) in [5.74, 6) is 0.565. The Morgan fingerprint density at radius 1 is 1.14 bits per heavy atom. The summed E-state index contributed by atoms with van der Waals surface area (Å²) in [4.78, 5) is 1.99. The lowest BCUT2D eigenvalue weighted by Crippen LogP contribution is -2.27. The van der Waals surface area contributed by atoms with Gasteiger partial charge in [0.1, 0.15) is 0 Å². The van der Waals surface area contributed by atoms with Crippen LogP contribution in [-0.4, -0.2) is 36.6 Å². The van der Waals surface area contributed by atoms with Gasteiger partial charge >= 0.3 is 6.18 Å². The maximum Gasteiger partial charge on any atom is 0.389 e. The molecule has 0 radical (unpaired) electrons. The molecule has 0 aromatic heterocycles. The highest BCUT2D eigenvalue weighted by Crippen LogP contribution is 2.21. The van der Waals surface area contributed by atoms with Crippen LogP contribution < -0.4 is 0 Å². The summed E-state index contributed by atoms with van der Waals surface area (Å²) >= 11 is 5.50. The van der Waals surface area contributed by atoms with E-state index >= 15 is 0 Å². The second-order valence-electron chi connectivity index (χ2n) is 3.20. The predicted molar refractivity (Wildman–Crippen MR) is 52.7 cm³/mol. The molecule has 86 valence electrons. The molecule has 0 saturated carbocycles. The molecule has 0 bridgehead atoms. The number of alkyl halides is 4. The van der Waals surface area contributed by atoms with E-state index in [4.69, 9.17) is 11.6 Å². The third kappa shape index (κ3) is 8.63. The average molecular weight is 232 g/mol. The summed E-state index contributed by atoms with van der Waals surface area (Å²) in [5.41, 5.74) is 0. The predicted octanol–water partition coefficient (Wildman–Crippen LogP) is 3.28. The Labute approximate surface area is 88.2 Å². The van der Waals surface area contributed by atoms with E-state index < -0.39 is 12.6 Å². The van der Waals surface area contributed by atoms with Gasteiger partial charge in [0.15, 0.2) is 0 Å². The molecule has 0 spiro atoms. The van der Waals surface area contributed by atoms with E-state index in [1.165, 1.54) is 0 Å². The summed E-state index contributed by atoms with van der Waals surface area (Å²) < 4.78 is 35.5. The highest BCUT2D eigenvalue weighted by atomic mass is 35.5. The van der Waals surface area contributed by atoms with Crippen molar-refractivity contribution in [2.75, 3.05) is 25.5 Å². The van der Waals surface area contributed by atoms with Crippen LogP contribution in [0.2, 0.25) is 0 Å². The lowest BCUT2D eigenvalue weighted by atomic mass is 10.2. The molecule has 1 nitrogen and oxygen atoms in total. The fourth-order valence-corrected chi connectivity index (χ4v) is 1.33. The van der Waals surface area contributed by atoms with E-state index in [1.807, 2.05) is 11.8 Å². The molecule has 0 rings (SSSR count). The minimum absolute atomic E-state index is 0.180. The minimum atomic E-state index is -4.02. The Morgan fingerprint density at radius 3 is 2.14 bits per heavy atom. The van der Waals surface area contributed by atoms with Crippen LogP contribution in [0.25, 0.3) is 0 Å². The fraction of sp³-hybridized carbons (Fsp3) is 1.00. The average Bonchev–Trinajstić information content (AvgIpc) is 2.09. The van der Waals surface area contributed by atoms with Gasteiger partial charge in [-0.2, -0.15) is 13.2 Å². The van der Waals surface area contributed by atoms with Crippen molar-refractivity contribution in [3.63, 3.8) is 0 Å². The molecule has 5 heteroatoms. The molecule has 0 aliphatic rings. The highest BCUT2D eigenvalue weighted by Gasteiger charge is 2.26. The molecule has 0 unspecified atom stereocenters. The fourth-order valence-electron chi connectivity index (χ4n) is 1.21. The van der Waals surface area contributed by atoms with E-state index in [1.54, 1.807) is 0 Å². The molecular weight excluding hydrogens is 215 g/mol. The first-order chi connectivity index (χ1) is 6.49. The standard InChI is InChI=1S/C9H17ClF3N/c1-2-14(8-4-6-10)7-3-5-9(11,12)13/h2-8H2,1H3. The SMILES string of the molecule is CCN(CCCCl)CCCC(F)(F)F. The van der Waals surface area contributed by atoms with E-state index in [0.29, 0.717) is 12.4 Å². The Kier molecular flexibility index (Phi) is 7.37. The Bertz CT molecular complexity index is 139. The van der Waals surface area contributed by atoms with E-state index in [2.05, 4.69) is 0 Å². The maximum absolute atomic E-state index is 11.8. The van der Waals surface area contributed by atoms with Crippen LogP contribution in [0.15, 0.2) is 0 Å². The van der Waals surface area contributed by atoms with Gasteiger partial charge in [-0.15, -0.1) is 11.6 Å². The topological polar surface area (TPSA) is 3.24 Å². The Hall–Kier alpha value is 0.0400. The summed E-state index contributed by atoms with van der Waals surface area (Å²) in [6, 6.07) is 0. The number of hydrogen-bond acceptors (Lipinski definition) is 1. The van der Waals surface area contributed by atoms with Crippen LogP contribution in [-0.2, 0) is 0 Å². The third-order valence-corrected chi connectivity index (χ3v) is 2.26. The lowest BCUT2D eigenvalue weighted by Gasteiger charge is -2.19. The lowest BCUT2D eigenvalue weighted by molar-refractivity contribution is -0.136.